The highest BCUT2D eigenvalue weighted by Gasteiger charge is 2.28. The van der Waals surface area contributed by atoms with Gasteiger partial charge in [-0.1, -0.05) is 11.6 Å². The Bertz CT molecular complexity index is 620. The zero-order valence-corrected chi connectivity index (χ0v) is 14.5. The average Bonchev–Trinajstić information content (AvgIpc) is 2.61. The first-order chi connectivity index (χ1) is 12.0. The molecule has 0 radical (unpaired) electrons. The second kappa shape index (κ2) is 9.39. The van der Waals surface area contributed by atoms with Crippen molar-refractivity contribution >= 4 is 29.4 Å². The first-order valence-electron chi connectivity index (χ1n) is 8.09. The third-order valence-electron chi connectivity index (χ3n) is 3.94. The number of hydrogen-bond donors (Lipinski definition) is 2. The summed E-state index contributed by atoms with van der Waals surface area (Å²) in [4.78, 5) is 36.7. The summed E-state index contributed by atoms with van der Waals surface area (Å²) >= 11 is 5.83. The van der Waals surface area contributed by atoms with Gasteiger partial charge in [0.2, 0.25) is 5.91 Å². The van der Waals surface area contributed by atoms with Crippen LogP contribution in [0.3, 0.4) is 0 Å². The topological polar surface area (TPSA) is 95.9 Å². The summed E-state index contributed by atoms with van der Waals surface area (Å²) in [6.07, 6.45) is 1.47. The van der Waals surface area contributed by atoms with E-state index in [1.54, 1.807) is 29.2 Å². The number of benzene rings is 1. The van der Waals surface area contributed by atoms with Crippen molar-refractivity contribution in [3.63, 3.8) is 0 Å². The summed E-state index contributed by atoms with van der Waals surface area (Å²) in [5.41, 5.74) is 0.549. The van der Waals surface area contributed by atoms with E-state index in [1.165, 1.54) is 0 Å². The van der Waals surface area contributed by atoms with Crippen LogP contribution in [0.4, 0.5) is 0 Å². The number of halogens is 1. The van der Waals surface area contributed by atoms with E-state index in [-0.39, 0.29) is 37.5 Å². The third kappa shape index (κ3) is 6.03. The van der Waals surface area contributed by atoms with Crippen LogP contribution in [-0.2, 0) is 14.3 Å². The molecule has 2 amide bonds. The Kier molecular flexibility index (Phi) is 7.21. The number of carboxylic acid groups (broad SMARTS) is 1. The third-order valence-corrected chi connectivity index (χ3v) is 4.19. The highest BCUT2D eigenvalue weighted by atomic mass is 35.5. The normalized spacial score (nSPS) is 17.2. The Morgan fingerprint density at radius 2 is 2.00 bits per heavy atom. The summed E-state index contributed by atoms with van der Waals surface area (Å²) < 4.78 is 4.87. The Balaban J connectivity index is 1.81. The summed E-state index contributed by atoms with van der Waals surface area (Å²) in [6, 6.07) is 6.68. The Hall–Kier alpha value is -2.12. The molecular formula is C17H21ClN2O5. The largest absolute Gasteiger partial charge is 0.480 e. The van der Waals surface area contributed by atoms with Crippen LogP contribution < -0.4 is 5.32 Å². The van der Waals surface area contributed by atoms with Crippen molar-refractivity contribution < 1.29 is 24.2 Å². The summed E-state index contributed by atoms with van der Waals surface area (Å²) in [6.45, 7) is 0.977. The van der Waals surface area contributed by atoms with Crippen LogP contribution in [0.5, 0.6) is 0 Å². The molecule has 1 heterocycles. The van der Waals surface area contributed by atoms with Gasteiger partial charge in [-0.15, -0.1) is 0 Å². The lowest BCUT2D eigenvalue weighted by Gasteiger charge is -2.32. The number of carboxylic acids is 1. The lowest BCUT2D eigenvalue weighted by atomic mass is 9.96. The number of ether oxygens (including phenoxy) is 1. The van der Waals surface area contributed by atoms with Crippen LogP contribution in [0.2, 0.25) is 5.02 Å². The van der Waals surface area contributed by atoms with Gasteiger partial charge < -0.3 is 20.1 Å². The molecule has 1 fully saturated rings. The van der Waals surface area contributed by atoms with E-state index in [2.05, 4.69) is 5.32 Å². The van der Waals surface area contributed by atoms with Crippen molar-refractivity contribution in [2.75, 3.05) is 32.8 Å². The fourth-order valence-corrected chi connectivity index (χ4v) is 2.83. The maximum atomic E-state index is 12.5. The molecule has 8 heteroatoms. The lowest BCUT2D eigenvalue weighted by molar-refractivity contribution is -0.142. The maximum Gasteiger partial charge on any atom is 0.329 e. The van der Waals surface area contributed by atoms with Gasteiger partial charge in [-0.3, -0.25) is 9.59 Å². The van der Waals surface area contributed by atoms with Gasteiger partial charge >= 0.3 is 5.97 Å². The van der Waals surface area contributed by atoms with Gasteiger partial charge in [0.05, 0.1) is 12.5 Å². The minimum Gasteiger partial charge on any atom is -0.480 e. The Morgan fingerprint density at radius 3 is 2.68 bits per heavy atom. The highest BCUT2D eigenvalue weighted by Crippen LogP contribution is 2.19. The van der Waals surface area contributed by atoms with Gasteiger partial charge in [-0.25, -0.2) is 4.79 Å². The number of likely N-dealkylation sites (tertiary alicyclic amines) is 1. The summed E-state index contributed by atoms with van der Waals surface area (Å²) in [7, 11) is 0. The molecule has 25 heavy (non-hydrogen) atoms. The van der Waals surface area contributed by atoms with Crippen LogP contribution in [0.15, 0.2) is 24.3 Å². The van der Waals surface area contributed by atoms with Crippen LogP contribution >= 0.6 is 11.6 Å². The smallest absolute Gasteiger partial charge is 0.329 e. The number of rotatable bonds is 7. The summed E-state index contributed by atoms with van der Waals surface area (Å²) in [5.74, 6) is -1.58. The van der Waals surface area contributed by atoms with E-state index in [0.717, 1.165) is 6.42 Å². The molecule has 136 valence electrons. The molecule has 0 aliphatic carbocycles. The molecule has 1 aromatic rings. The highest BCUT2D eigenvalue weighted by molar-refractivity contribution is 6.30. The van der Waals surface area contributed by atoms with E-state index in [4.69, 9.17) is 21.4 Å². The van der Waals surface area contributed by atoms with Gasteiger partial charge in [-0.05, 0) is 37.1 Å². The zero-order chi connectivity index (χ0) is 18.2. The number of aliphatic carboxylic acids is 1. The van der Waals surface area contributed by atoms with Crippen molar-refractivity contribution in [3.05, 3.63) is 34.9 Å². The van der Waals surface area contributed by atoms with E-state index in [9.17, 15) is 14.4 Å². The van der Waals surface area contributed by atoms with Gasteiger partial charge in [0, 0.05) is 30.2 Å². The molecule has 0 saturated carbocycles. The average molecular weight is 369 g/mol. The monoisotopic (exact) mass is 368 g/mol. The fourth-order valence-electron chi connectivity index (χ4n) is 2.70. The van der Waals surface area contributed by atoms with Gasteiger partial charge in [-0.2, -0.15) is 0 Å². The SMILES string of the molecule is O=C(O)COCCNC(=O)C1CCCN(C(=O)c2ccc(Cl)cc2)C1. The van der Waals surface area contributed by atoms with Crippen molar-refractivity contribution in [1.29, 1.82) is 0 Å². The molecule has 1 aliphatic heterocycles. The first-order valence-corrected chi connectivity index (χ1v) is 8.47. The number of amides is 2. The van der Waals surface area contributed by atoms with E-state index < -0.39 is 5.97 Å². The molecule has 2 N–H and O–H groups in total. The van der Waals surface area contributed by atoms with Crippen molar-refractivity contribution in [3.8, 4) is 0 Å². The molecule has 7 nitrogen and oxygen atoms in total. The minimum absolute atomic E-state index is 0.112. The van der Waals surface area contributed by atoms with E-state index >= 15 is 0 Å². The summed E-state index contributed by atoms with van der Waals surface area (Å²) in [5, 5.41) is 11.7. The Labute approximate surface area is 150 Å². The van der Waals surface area contributed by atoms with Gasteiger partial charge in [0.25, 0.3) is 5.91 Å². The van der Waals surface area contributed by atoms with Crippen LogP contribution in [-0.4, -0.2) is 60.6 Å². The number of carbonyl (C=O) groups excluding carboxylic acids is 2. The Morgan fingerprint density at radius 1 is 1.28 bits per heavy atom. The van der Waals surface area contributed by atoms with Crippen LogP contribution in [0, 0.1) is 5.92 Å². The fraction of sp³-hybridized carbons (Fsp3) is 0.471. The maximum absolute atomic E-state index is 12.5. The van der Waals surface area contributed by atoms with Gasteiger partial charge in [0.1, 0.15) is 6.61 Å². The lowest BCUT2D eigenvalue weighted by Crippen LogP contribution is -2.46. The molecule has 1 atom stereocenters. The molecule has 0 spiro atoms. The standard InChI is InChI=1S/C17H21ClN2O5/c18-14-5-3-12(4-6-14)17(24)20-8-1-2-13(10-20)16(23)19-7-9-25-11-15(21)22/h3-6,13H,1-2,7-11H2,(H,19,23)(H,21,22). The molecule has 1 aliphatic rings. The predicted octanol–water partition coefficient (Wildman–Crippen LogP) is 1.41. The van der Waals surface area contributed by atoms with Crippen LogP contribution in [0.25, 0.3) is 0 Å². The van der Waals surface area contributed by atoms with E-state index in [1.807, 2.05) is 0 Å². The molecule has 1 saturated heterocycles. The number of nitrogens with zero attached hydrogens (tertiary/aromatic N) is 1. The first kappa shape index (κ1) is 19.2. The van der Waals surface area contributed by atoms with Crippen molar-refractivity contribution in [1.82, 2.24) is 10.2 Å². The molecule has 1 unspecified atom stereocenters. The number of carbonyl (C=O) groups is 3. The number of piperidine rings is 1. The number of nitrogens with one attached hydrogen (secondary N) is 1. The van der Waals surface area contributed by atoms with Crippen molar-refractivity contribution in [2.24, 2.45) is 5.92 Å². The number of hydrogen-bond acceptors (Lipinski definition) is 4. The quantitative estimate of drug-likeness (QED) is 0.709. The van der Waals surface area contributed by atoms with Crippen LogP contribution in [0.1, 0.15) is 23.2 Å². The minimum atomic E-state index is -1.05. The van der Waals surface area contributed by atoms with E-state index in [0.29, 0.717) is 30.1 Å². The molecule has 0 bridgehead atoms. The zero-order valence-electron chi connectivity index (χ0n) is 13.7. The molecular weight excluding hydrogens is 348 g/mol. The molecule has 0 aromatic heterocycles. The molecule has 2 rings (SSSR count). The molecule has 1 aromatic carbocycles. The van der Waals surface area contributed by atoms with Gasteiger partial charge in [0.15, 0.2) is 0 Å². The van der Waals surface area contributed by atoms with Crippen molar-refractivity contribution in [2.45, 2.75) is 12.8 Å². The predicted molar refractivity (Wildman–Crippen MR) is 91.5 cm³/mol. The second-order valence-corrected chi connectivity index (χ2v) is 6.27. The second-order valence-electron chi connectivity index (χ2n) is 5.83.